The van der Waals surface area contributed by atoms with Crippen LogP contribution in [-0.2, 0) is 11.2 Å². The molecule has 1 heterocycles. The molecular weight excluding hydrogens is 622 g/mol. The molecule has 41 heavy (non-hydrogen) atoms. The molecule has 0 spiro atoms. The highest BCUT2D eigenvalue weighted by Crippen LogP contribution is 2.37. The normalized spacial score (nSPS) is 12.4. The topological polar surface area (TPSA) is 158 Å². The summed E-state index contributed by atoms with van der Waals surface area (Å²) in [5.41, 5.74) is 1.01. The van der Waals surface area contributed by atoms with Crippen molar-refractivity contribution in [1.29, 1.82) is 0 Å². The van der Waals surface area contributed by atoms with E-state index >= 15 is 0 Å². The van der Waals surface area contributed by atoms with Gasteiger partial charge >= 0.3 is 11.9 Å². The highest BCUT2D eigenvalue weighted by Gasteiger charge is 2.19. The molecule has 0 fully saturated rings. The number of aliphatic carboxylic acids is 1. The summed E-state index contributed by atoms with van der Waals surface area (Å²) < 4.78 is 11.2. The number of pyridine rings is 1. The van der Waals surface area contributed by atoms with Gasteiger partial charge in [-0.05, 0) is 48.4 Å². The van der Waals surface area contributed by atoms with Crippen LogP contribution in [0.1, 0.15) is 35.2 Å². The van der Waals surface area contributed by atoms with Gasteiger partial charge in [-0.2, -0.15) is 0 Å². The number of nitrogens with one attached hydrogen (secondary N) is 1. The smallest absolute Gasteiger partial charge is 0.339 e. The van der Waals surface area contributed by atoms with Crippen LogP contribution in [-0.4, -0.2) is 62.8 Å². The van der Waals surface area contributed by atoms with E-state index < -0.39 is 24.1 Å². The Hall–Kier alpha value is -2.99. The Balaban J connectivity index is 1.48. The van der Waals surface area contributed by atoms with Gasteiger partial charge in [0.25, 0.3) is 0 Å². The molecule has 2 atom stereocenters. The van der Waals surface area contributed by atoms with E-state index in [0.717, 1.165) is 0 Å². The predicted octanol–water partition coefficient (Wildman–Crippen LogP) is 6.11. The first-order valence-corrected chi connectivity index (χ1v) is 13.7. The number of aryl methyl sites for hydroxylation is 1. The summed E-state index contributed by atoms with van der Waals surface area (Å²) in [6.07, 6.45) is -0.562. The van der Waals surface area contributed by atoms with Crippen LogP contribution < -0.4 is 14.8 Å². The second-order valence-corrected chi connectivity index (χ2v) is 10.4. The van der Waals surface area contributed by atoms with Gasteiger partial charge in [-0.1, -0.05) is 46.4 Å². The van der Waals surface area contributed by atoms with Crippen molar-refractivity contribution in [1.82, 2.24) is 4.98 Å². The van der Waals surface area contributed by atoms with Crippen LogP contribution >= 0.6 is 46.4 Å². The third kappa shape index (κ3) is 9.53. The quantitative estimate of drug-likeness (QED) is 0.130. The van der Waals surface area contributed by atoms with Crippen LogP contribution in [0.25, 0.3) is 0 Å². The fourth-order valence-corrected chi connectivity index (χ4v) is 4.92. The molecular formula is C27H26Cl4N2O8. The molecule has 0 bridgehead atoms. The molecule has 0 aliphatic rings. The minimum absolute atomic E-state index is 0.00101. The van der Waals surface area contributed by atoms with Gasteiger partial charge in [-0.15, -0.1) is 0 Å². The lowest BCUT2D eigenvalue weighted by Crippen LogP contribution is -2.29. The molecule has 0 aliphatic carbocycles. The van der Waals surface area contributed by atoms with E-state index in [1.165, 1.54) is 30.5 Å². The molecule has 0 unspecified atom stereocenters. The van der Waals surface area contributed by atoms with Gasteiger partial charge in [0, 0.05) is 31.1 Å². The Labute approximate surface area is 255 Å². The van der Waals surface area contributed by atoms with Crippen LogP contribution in [0.2, 0.25) is 20.1 Å². The van der Waals surface area contributed by atoms with Crippen molar-refractivity contribution in [3.8, 4) is 11.5 Å². The van der Waals surface area contributed by atoms with Crippen LogP contribution in [0, 0.1) is 0 Å². The molecule has 5 N–H and O–H groups in total. The number of aromatic carboxylic acids is 1. The zero-order valence-corrected chi connectivity index (χ0v) is 24.3. The van der Waals surface area contributed by atoms with E-state index in [-0.39, 0.29) is 81.9 Å². The lowest BCUT2D eigenvalue weighted by Gasteiger charge is -2.19. The number of ether oxygens (including phenoxy) is 2. The van der Waals surface area contributed by atoms with Crippen molar-refractivity contribution in [2.45, 2.75) is 37.9 Å². The Bertz CT molecular complexity index is 1350. The summed E-state index contributed by atoms with van der Waals surface area (Å²) in [5, 5.41) is 42.4. The maximum Gasteiger partial charge on any atom is 0.339 e. The number of rotatable bonds is 15. The van der Waals surface area contributed by atoms with E-state index in [0.29, 0.717) is 11.3 Å². The zero-order valence-electron chi connectivity index (χ0n) is 21.3. The van der Waals surface area contributed by atoms with Crippen molar-refractivity contribution in [2.24, 2.45) is 0 Å². The Morgan fingerprint density at radius 1 is 0.854 bits per heavy atom. The first-order chi connectivity index (χ1) is 19.5. The summed E-state index contributed by atoms with van der Waals surface area (Å²) in [4.78, 5) is 26.2. The number of nitrogens with zero attached hydrogens (tertiary/aromatic N) is 1. The van der Waals surface area contributed by atoms with E-state index in [1.54, 1.807) is 12.1 Å². The number of carboxylic acids is 2. The van der Waals surface area contributed by atoms with Crippen molar-refractivity contribution in [3.63, 3.8) is 0 Å². The predicted molar refractivity (Wildman–Crippen MR) is 156 cm³/mol. The molecule has 2 aromatic carbocycles. The summed E-state index contributed by atoms with van der Waals surface area (Å²) >= 11 is 25.0. The number of carbonyl (C=O) groups is 2. The first kappa shape index (κ1) is 32.5. The summed E-state index contributed by atoms with van der Waals surface area (Å²) in [6, 6.07) is 9.01. The van der Waals surface area contributed by atoms with Crippen LogP contribution in [0.5, 0.6) is 11.5 Å². The van der Waals surface area contributed by atoms with Gasteiger partial charge in [-0.25, -0.2) is 9.78 Å². The highest BCUT2D eigenvalue weighted by molar-refractivity contribution is 6.38. The highest BCUT2D eigenvalue weighted by atomic mass is 35.5. The SMILES string of the molecule is O=C(O)CCc1cc(Cl)c(OCC[C@H](O)[C@@H](O)CCOc2c(Cl)cc(Nc3ncccc3C(=O)O)cc2Cl)c(Cl)c1. The largest absolute Gasteiger partial charge is 0.490 e. The average Bonchev–Trinajstić information content (AvgIpc) is 2.90. The van der Waals surface area contributed by atoms with Crippen LogP contribution in [0.3, 0.4) is 0 Å². The number of aliphatic hydroxyl groups is 2. The molecule has 0 saturated heterocycles. The fourth-order valence-electron chi connectivity index (χ4n) is 3.68. The Kier molecular flexibility index (Phi) is 12.1. The molecule has 14 heteroatoms. The number of anilines is 2. The molecule has 220 valence electrons. The second kappa shape index (κ2) is 15.3. The van der Waals surface area contributed by atoms with Crippen LogP contribution in [0.4, 0.5) is 11.5 Å². The molecule has 0 radical (unpaired) electrons. The van der Waals surface area contributed by atoms with Gasteiger partial charge in [0.15, 0.2) is 11.5 Å². The zero-order chi connectivity index (χ0) is 30.1. The fraction of sp³-hybridized carbons (Fsp3) is 0.296. The van der Waals surface area contributed by atoms with E-state index in [4.69, 9.17) is 61.0 Å². The second-order valence-electron chi connectivity index (χ2n) is 8.79. The summed E-state index contributed by atoms with van der Waals surface area (Å²) in [7, 11) is 0. The number of aromatic nitrogens is 1. The van der Waals surface area contributed by atoms with Gasteiger partial charge in [-0.3, -0.25) is 4.79 Å². The minimum atomic E-state index is -1.15. The van der Waals surface area contributed by atoms with Crippen molar-refractivity contribution < 1.29 is 39.5 Å². The maximum atomic E-state index is 11.4. The monoisotopic (exact) mass is 646 g/mol. The minimum Gasteiger partial charge on any atom is -0.490 e. The third-order valence-corrected chi connectivity index (χ3v) is 6.87. The molecule has 3 rings (SSSR count). The van der Waals surface area contributed by atoms with E-state index in [2.05, 4.69) is 10.3 Å². The molecule has 0 saturated carbocycles. The first-order valence-electron chi connectivity index (χ1n) is 12.2. The van der Waals surface area contributed by atoms with E-state index in [9.17, 15) is 24.9 Å². The number of hydrogen-bond donors (Lipinski definition) is 5. The molecule has 0 aliphatic heterocycles. The van der Waals surface area contributed by atoms with Gasteiger partial charge in [0.05, 0.1) is 45.5 Å². The lowest BCUT2D eigenvalue weighted by molar-refractivity contribution is -0.136. The molecule has 1 aromatic heterocycles. The number of benzene rings is 2. The van der Waals surface area contributed by atoms with Gasteiger partial charge < -0.3 is 35.2 Å². The Morgan fingerprint density at radius 3 is 1.85 bits per heavy atom. The van der Waals surface area contributed by atoms with Gasteiger partial charge in [0.2, 0.25) is 0 Å². The molecule has 10 nitrogen and oxygen atoms in total. The maximum absolute atomic E-state index is 11.4. The number of carboxylic acid groups (broad SMARTS) is 2. The number of hydrogen-bond acceptors (Lipinski definition) is 8. The number of halogens is 4. The standard InChI is InChI=1S/C27H26Cl4N2O8/c28-17-10-14(3-4-23(36)37)11-18(29)24(17)40-8-5-21(34)22(35)6-9-41-25-19(30)12-15(13-20(25)31)33-26-16(27(38)39)2-1-7-32-26/h1-2,7,10-13,21-22,34-35H,3-6,8-9H2,(H,32,33)(H,36,37)(H,38,39)/t21-,22-/m0/s1. The van der Waals surface area contributed by atoms with Gasteiger partial charge in [0.1, 0.15) is 11.4 Å². The summed E-state index contributed by atoms with van der Waals surface area (Å²) in [6.45, 7) is -0.0247. The van der Waals surface area contributed by atoms with Crippen molar-refractivity contribution >= 4 is 69.8 Å². The van der Waals surface area contributed by atoms with Crippen molar-refractivity contribution in [3.05, 3.63) is 73.8 Å². The van der Waals surface area contributed by atoms with E-state index in [1.807, 2.05) is 0 Å². The van der Waals surface area contributed by atoms with Crippen LogP contribution in [0.15, 0.2) is 42.6 Å². The molecule has 0 amide bonds. The molecule has 3 aromatic rings. The summed E-state index contributed by atoms with van der Waals surface area (Å²) in [5.74, 6) is -1.63. The third-order valence-electron chi connectivity index (χ3n) is 5.75. The van der Waals surface area contributed by atoms with Crippen molar-refractivity contribution in [2.75, 3.05) is 18.5 Å². The lowest BCUT2D eigenvalue weighted by atomic mass is 10.1. The average molecular weight is 648 g/mol. The number of aliphatic hydroxyl groups excluding tert-OH is 2. The Morgan fingerprint density at radius 2 is 1.37 bits per heavy atom.